The first-order valence-corrected chi connectivity index (χ1v) is 7.76. The molecule has 1 aliphatic carbocycles. The van der Waals surface area contributed by atoms with E-state index in [2.05, 4.69) is 37.2 Å². The summed E-state index contributed by atoms with van der Waals surface area (Å²) in [6, 6.07) is 6.50. The number of carbonyl (C=O) groups is 1. The predicted molar refractivity (Wildman–Crippen MR) is 78.8 cm³/mol. The molecule has 1 saturated heterocycles. The lowest BCUT2D eigenvalue weighted by Gasteiger charge is -2.19. The van der Waals surface area contributed by atoms with Gasteiger partial charge in [0.1, 0.15) is 0 Å². The maximum Gasteiger partial charge on any atom is 0.244 e. The van der Waals surface area contributed by atoms with Gasteiger partial charge in [0.05, 0.1) is 11.7 Å². The van der Waals surface area contributed by atoms with Gasteiger partial charge in [-0.1, -0.05) is 15.9 Å². The zero-order valence-corrected chi connectivity index (χ0v) is 13.0. The van der Waals surface area contributed by atoms with Crippen LogP contribution in [0, 0.1) is 0 Å². The maximum absolute atomic E-state index is 12.4. The molecule has 0 spiro atoms. The van der Waals surface area contributed by atoms with E-state index in [1.54, 1.807) is 0 Å². The Kier molecular flexibility index (Phi) is 3.47. The van der Waals surface area contributed by atoms with Crippen LogP contribution in [0.1, 0.15) is 19.3 Å². The molecule has 2 fully saturated rings. The van der Waals surface area contributed by atoms with Crippen molar-refractivity contribution in [2.24, 2.45) is 0 Å². The molecule has 1 N–H and O–H groups in total. The summed E-state index contributed by atoms with van der Waals surface area (Å²) in [4.78, 5) is 14.2. The fourth-order valence-corrected chi connectivity index (χ4v) is 3.11. The summed E-state index contributed by atoms with van der Waals surface area (Å²) < 4.78 is 1.96. The van der Waals surface area contributed by atoms with Crippen molar-refractivity contribution in [1.29, 1.82) is 0 Å². The first-order valence-electron chi connectivity index (χ1n) is 6.17. The van der Waals surface area contributed by atoms with E-state index < -0.39 is 0 Å². The highest BCUT2D eigenvalue weighted by Crippen LogP contribution is 2.33. The quantitative estimate of drug-likeness (QED) is 0.882. The number of halogens is 2. The predicted octanol–water partition coefficient (Wildman–Crippen LogP) is 3.07. The van der Waals surface area contributed by atoms with E-state index in [-0.39, 0.29) is 11.9 Å². The third-order valence-electron chi connectivity index (χ3n) is 3.42. The Balaban J connectivity index is 1.80. The first-order chi connectivity index (χ1) is 8.65. The van der Waals surface area contributed by atoms with Gasteiger partial charge in [0, 0.05) is 21.5 Å². The van der Waals surface area contributed by atoms with Gasteiger partial charge in [0.25, 0.3) is 0 Å². The van der Waals surface area contributed by atoms with E-state index in [1.807, 2.05) is 23.1 Å². The molecule has 18 heavy (non-hydrogen) atoms. The number of carbonyl (C=O) groups excluding carboxylic acids is 1. The average Bonchev–Trinajstić information content (AvgIpc) is 3.09. The van der Waals surface area contributed by atoms with E-state index >= 15 is 0 Å². The van der Waals surface area contributed by atoms with Crippen LogP contribution >= 0.6 is 31.9 Å². The number of nitrogens with zero attached hydrogens (tertiary/aromatic N) is 1. The monoisotopic (exact) mass is 372 g/mol. The van der Waals surface area contributed by atoms with Crippen molar-refractivity contribution < 1.29 is 4.79 Å². The average molecular weight is 374 g/mol. The molecule has 1 aliphatic heterocycles. The van der Waals surface area contributed by atoms with E-state index in [9.17, 15) is 4.79 Å². The molecule has 1 saturated carbocycles. The standard InChI is InChI=1S/C13H14Br2N2O/c14-8-1-4-10(15)12(7-8)17-6-5-11(13(17)18)16-9-2-3-9/h1,4,7,9,11,16H,2-3,5-6H2. The molecule has 1 unspecified atom stereocenters. The van der Waals surface area contributed by atoms with Gasteiger partial charge in [-0.15, -0.1) is 0 Å². The molecule has 0 bridgehead atoms. The van der Waals surface area contributed by atoms with Crippen molar-refractivity contribution in [3.63, 3.8) is 0 Å². The Hall–Kier alpha value is -0.390. The van der Waals surface area contributed by atoms with E-state index in [4.69, 9.17) is 0 Å². The van der Waals surface area contributed by atoms with Gasteiger partial charge in [-0.05, 0) is 53.4 Å². The van der Waals surface area contributed by atoms with Crippen LogP contribution in [0.3, 0.4) is 0 Å². The number of hydrogen-bond donors (Lipinski definition) is 1. The minimum absolute atomic E-state index is 0.00313. The summed E-state index contributed by atoms with van der Waals surface area (Å²) in [5.41, 5.74) is 0.953. The van der Waals surface area contributed by atoms with Crippen molar-refractivity contribution in [1.82, 2.24) is 5.32 Å². The SMILES string of the molecule is O=C1C(NC2CC2)CCN1c1cc(Br)ccc1Br. The molecule has 96 valence electrons. The second kappa shape index (κ2) is 4.94. The number of nitrogens with one attached hydrogen (secondary N) is 1. The minimum Gasteiger partial charge on any atom is -0.310 e. The van der Waals surface area contributed by atoms with Gasteiger partial charge in [-0.3, -0.25) is 4.79 Å². The third kappa shape index (κ3) is 2.49. The van der Waals surface area contributed by atoms with Crippen LogP contribution in [0.4, 0.5) is 5.69 Å². The molecular weight excluding hydrogens is 360 g/mol. The van der Waals surface area contributed by atoms with Crippen molar-refractivity contribution >= 4 is 43.5 Å². The summed E-state index contributed by atoms with van der Waals surface area (Å²) in [6.07, 6.45) is 3.32. The normalized spacial score (nSPS) is 23.8. The zero-order valence-electron chi connectivity index (χ0n) is 9.83. The highest BCUT2D eigenvalue weighted by atomic mass is 79.9. The molecule has 2 aliphatic rings. The van der Waals surface area contributed by atoms with Crippen LogP contribution < -0.4 is 10.2 Å². The minimum atomic E-state index is 0.00313. The van der Waals surface area contributed by atoms with Crippen LogP contribution in [0.2, 0.25) is 0 Å². The van der Waals surface area contributed by atoms with Crippen molar-refractivity contribution in [3.8, 4) is 0 Å². The number of anilines is 1. The molecule has 3 nitrogen and oxygen atoms in total. The Morgan fingerprint density at radius 1 is 1.22 bits per heavy atom. The van der Waals surface area contributed by atoms with E-state index in [0.717, 1.165) is 27.6 Å². The zero-order chi connectivity index (χ0) is 12.7. The maximum atomic E-state index is 12.4. The van der Waals surface area contributed by atoms with E-state index in [0.29, 0.717) is 6.04 Å². The lowest BCUT2D eigenvalue weighted by Crippen LogP contribution is -2.39. The van der Waals surface area contributed by atoms with Crippen LogP contribution in [0.5, 0.6) is 0 Å². The fourth-order valence-electron chi connectivity index (χ4n) is 2.30. The molecule has 3 rings (SSSR count). The van der Waals surface area contributed by atoms with Crippen molar-refractivity contribution in [3.05, 3.63) is 27.1 Å². The van der Waals surface area contributed by atoms with Gasteiger partial charge in [-0.25, -0.2) is 0 Å². The van der Waals surface area contributed by atoms with Crippen LogP contribution in [0.15, 0.2) is 27.1 Å². The summed E-state index contributed by atoms with van der Waals surface area (Å²) in [7, 11) is 0. The van der Waals surface area contributed by atoms with Crippen molar-refractivity contribution in [2.45, 2.75) is 31.3 Å². The summed E-state index contributed by atoms with van der Waals surface area (Å²) in [5, 5.41) is 3.42. The topological polar surface area (TPSA) is 32.3 Å². The second-order valence-electron chi connectivity index (χ2n) is 4.87. The Labute approximate surface area is 123 Å². The smallest absolute Gasteiger partial charge is 0.244 e. The molecule has 1 aromatic carbocycles. The first kappa shape index (κ1) is 12.6. The molecule has 1 atom stereocenters. The molecule has 0 aromatic heterocycles. The summed E-state index contributed by atoms with van der Waals surface area (Å²) >= 11 is 6.97. The molecule has 5 heteroatoms. The lowest BCUT2D eigenvalue weighted by atomic mass is 10.2. The van der Waals surface area contributed by atoms with Gasteiger partial charge in [0.2, 0.25) is 5.91 Å². The largest absolute Gasteiger partial charge is 0.310 e. The second-order valence-corrected chi connectivity index (χ2v) is 6.64. The highest BCUT2D eigenvalue weighted by Gasteiger charge is 2.36. The number of amides is 1. The van der Waals surface area contributed by atoms with Gasteiger partial charge in [0.15, 0.2) is 0 Å². The van der Waals surface area contributed by atoms with Crippen LogP contribution in [-0.2, 0) is 4.79 Å². The number of rotatable bonds is 3. The Morgan fingerprint density at radius 3 is 2.72 bits per heavy atom. The molecular formula is C13H14Br2N2O. The summed E-state index contributed by atoms with van der Waals surface area (Å²) in [6.45, 7) is 0.790. The molecule has 1 heterocycles. The molecule has 1 amide bonds. The van der Waals surface area contributed by atoms with Gasteiger partial charge in [-0.2, -0.15) is 0 Å². The fraction of sp³-hybridized carbons (Fsp3) is 0.462. The van der Waals surface area contributed by atoms with E-state index in [1.165, 1.54) is 12.8 Å². The summed E-state index contributed by atoms with van der Waals surface area (Å²) in [5.74, 6) is 0.195. The Bertz CT molecular complexity index is 488. The van der Waals surface area contributed by atoms with Crippen molar-refractivity contribution in [2.75, 3.05) is 11.4 Å². The lowest BCUT2D eigenvalue weighted by molar-refractivity contribution is -0.118. The number of benzene rings is 1. The Morgan fingerprint density at radius 2 is 2.00 bits per heavy atom. The number of hydrogen-bond acceptors (Lipinski definition) is 2. The van der Waals surface area contributed by atoms with Gasteiger partial charge < -0.3 is 10.2 Å². The van der Waals surface area contributed by atoms with Gasteiger partial charge >= 0.3 is 0 Å². The third-order valence-corrected chi connectivity index (χ3v) is 4.58. The van der Waals surface area contributed by atoms with Crippen LogP contribution in [0.25, 0.3) is 0 Å². The molecule has 0 radical (unpaired) electrons. The molecule has 1 aromatic rings. The van der Waals surface area contributed by atoms with Crippen LogP contribution in [-0.4, -0.2) is 24.5 Å². The highest BCUT2D eigenvalue weighted by molar-refractivity contribution is 9.11.